The molecular formula is C21H24N6O2. The number of methoxy groups -OCH3 is 1. The SMILES string of the molecule is COc1c2ccc(C(=O)N3CCN(c4ccc(C5CC5)nn4)CC3)cc2nn1C. The topological polar surface area (TPSA) is 76.4 Å². The number of carbonyl (C=O) groups is 1. The maximum absolute atomic E-state index is 13.0. The van der Waals surface area contributed by atoms with E-state index in [0.29, 0.717) is 30.5 Å². The highest BCUT2D eigenvalue weighted by Crippen LogP contribution is 2.38. The van der Waals surface area contributed by atoms with Gasteiger partial charge in [-0.05, 0) is 43.2 Å². The molecular weight excluding hydrogens is 368 g/mol. The lowest BCUT2D eigenvalue weighted by molar-refractivity contribution is 0.0746. The fourth-order valence-electron chi connectivity index (χ4n) is 3.97. The monoisotopic (exact) mass is 392 g/mol. The molecule has 0 bridgehead atoms. The molecule has 3 heterocycles. The van der Waals surface area contributed by atoms with Crippen molar-refractivity contribution in [2.24, 2.45) is 7.05 Å². The van der Waals surface area contributed by atoms with E-state index < -0.39 is 0 Å². The van der Waals surface area contributed by atoms with Crippen molar-refractivity contribution >= 4 is 22.6 Å². The Morgan fingerprint density at radius 3 is 2.52 bits per heavy atom. The molecule has 8 nitrogen and oxygen atoms in total. The molecule has 2 fully saturated rings. The van der Waals surface area contributed by atoms with Crippen molar-refractivity contribution in [2.45, 2.75) is 18.8 Å². The van der Waals surface area contributed by atoms with E-state index in [1.54, 1.807) is 11.8 Å². The van der Waals surface area contributed by atoms with Crippen molar-refractivity contribution < 1.29 is 9.53 Å². The van der Waals surface area contributed by atoms with Gasteiger partial charge in [-0.1, -0.05) is 0 Å². The number of amides is 1. The molecule has 1 aliphatic heterocycles. The number of aromatic nitrogens is 4. The predicted molar refractivity (Wildman–Crippen MR) is 109 cm³/mol. The number of anilines is 1. The molecule has 2 aromatic heterocycles. The molecule has 1 amide bonds. The smallest absolute Gasteiger partial charge is 0.254 e. The van der Waals surface area contributed by atoms with Crippen molar-refractivity contribution in [3.05, 3.63) is 41.6 Å². The summed E-state index contributed by atoms with van der Waals surface area (Å²) in [5.74, 6) is 2.23. The lowest BCUT2D eigenvalue weighted by Gasteiger charge is -2.35. The van der Waals surface area contributed by atoms with Gasteiger partial charge in [-0.15, -0.1) is 5.10 Å². The van der Waals surface area contributed by atoms with E-state index in [1.165, 1.54) is 12.8 Å². The highest BCUT2D eigenvalue weighted by molar-refractivity contribution is 5.98. The van der Waals surface area contributed by atoms with Crippen molar-refractivity contribution in [2.75, 3.05) is 38.2 Å². The average molecular weight is 392 g/mol. The van der Waals surface area contributed by atoms with Gasteiger partial charge in [0, 0.05) is 44.7 Å². The van der Waals surface area contributed by atoms with Crippen LogP contribution < -0.4 is 9.64 Å². The first-order chi connectivity index (χ1) is 14.1. The molecule has 29 heavy (non-hydrogen) atoms. The van der Waals surface area contributed by atoms with Gasteiger partial charge in [0.05, 0.1) is 23.7 Å². The Balaban J connectivity index is 1.26. The quantitative estimate of drug-likeness (QED) is 0.678. The Morgan fingerprint density at radius 1 is 1.07 bits per heavy atom. The summed E-state index contributed by atoms with van der Waals surface area (Å²) in [7, 11) is 3.46. The second-order valence-corrected chi connectivity index (χ2v) is 7.73. The molecule has 0 unspecified atom stereocenters. The molecule has 2 aliphatic rings. The maximum Gasteiger partial charge on any atom is 0.254 e. The van der Waals surface area contributed by atoms with Crippen LogP contribution in [0.15, 0.2) is 30.3 Å². The highest BCUT2D eigenvalue weighted by Gasteiger charge is 2.27. The highest BCUT2D eigenvalue weighted by atomic mass is 16.5. The Morgan fingerprint density at radius 2 is 1.86 bits per heavy atom. The first-order valence-electron chi connectivity index (χ1n) is 10.0. The molecule has 8 heteroatoms. The van der Waals surface area contributed by atoms with Gasteiger partial charge in [-0.3, -0.25) is 4.79 Å². The maximum atomic E-state index is 13.0. The van der Waals surface area contributed by atoms with E-state index >= 15 is 0 Å². The van der Waals surface area contributed by atoms with Crippen LogP contribution in [0, 0.1) is 0 Å². The fraction of sp³-hybridized carbons (Fsp3) is 0.429. The Bertz CT molecular complexity index is 1050. The molecule has 1 saturated heterocycles. The molecule has 5 rings (SSSR count). The number of ether oxygens (including phenoxy) is 1. The first-order valence-corrected chi connectivity index (χ1v) is 10.0. The van der Waals surface area contributed by atoms with Gasteiger partial charge in [0.25, 0.3) is 5.91 Å². The third-order valence-corrected chi connectivity index (χ3v) is 5.78. The molecule has 0 N–H and O–H groups in total. The summed E-state index contributed by atoms with van der Waals surface area (Å²) in [5, 5.41) is 14.1. The van der Waals surface area contributed by atoms with Crippen LogP contribution in [-0.4, -0.2) is 64.1 Å². The van der Waals surface area contributed by atoms with Crippen molar-refractivity contribution in [3.8, 4) is 5.88 Å². The van der Waals surface area contributed by atoms with Crippen LogP contribution in [0.5, 0.6) is 5.88 Å². The molecule has 0 spiro atoms. The number of piperazine rings is 1. The molecule has 1 saturated carbocycles. The average Bonchev–Trinajstić information content (AvgIpc) is 3.55. The van der Waals surface area contributed by atoms with Crippen LogP contribution in [0.4, 0.5) is 5.82 Å². The minimum Gasteiger partial charge on any atom is -0.481 e. The molecule has 150 valence electrons. The van der Waals surface area contributed by atoms with E-state index in [1.807, 2.05) is 30.1 Å². The van der Waals surface area contributed by atoms with Crippen LogP contribution >= 0.6 is 0 Å². The fourth-order valence-corrected chi connectivity index (χ4v) is 3.97. The van der Waals surface area contributed by atoms with E-state index in [0.717, 1.165) is 35.5 Å². The summed E-state index contributed by atoms with van der Waals surface area (Å²) in [6, 6.07) is 9.74. The molecule has 0 atom stereocenters. The summed E-state index contributed by atoms with van der Waals surface area (Å²) in [6.45, 7) is 2.83. The number of aryl methyl sites for hydroxylation is 1. The number of benzene rings is 1. The summed E-state index contributed by atoms with van der Waals surface area (Å²) < 4.78 is 7.07. The minimum atomic E-state index is 0.0336. The van der Waals surface area contributed by atoms with E-state index in [2.05, 4.69) is 32.3 Å². The number of fused-ring (bicyclic) bond motifs is 1. The summed E-state index contributed by atoms with van der Waals surface area (Å²) >= 11 is 0. The van der Waals surface area contributed by atoms with Gasteiger partial charge in [-0.2, -0.15) is 10.2 Å². The standard InChI is InChI=1S/C21H24N6O2/c1-25-21(29-2)16-6-5-15(13-18(16)24-25)20(28)27-11-9-26(10-12-27)19-8-7-17(22-23-19)14-3-4-14/h5-8,13-14H,3-4,9-12H2,1-2H3. The number of hydrogen-bond donors (Lipinski definition) is 0. The zero-order valence-electron chi connectivity index (χ0n) is 16.7. The molecule has 0 radical (unpaired) electrons. The summed E-state index contributed by atoms with van der Waals surface area (Å²) in [5.41, 5.74) is 2.52. The van der Waals surface area contributed by atoms with E-state index in [4.69, 9.17) is 4.74 Å². The summed E-state index contributed by atoms with van der Waals surface area (Å²) in [6.07, 6.45) is 2.46. The normalized spacial score (nSPS) is 17.0. The van der Waals surface area contributed by atoms with Crippen molar-refractivity contribution in [3.63, 3.8) is 0 Å². The zero-order chi connectivity index (χ0) is 20.0. The molecule has 3 aromatic rings. The van der Waals surface area contributed by atoms with Crippen molar-refractivity contribution in [1.82, 2.24) is 24.9 Å². The predicted octanol–water partition coefficient (Wildman–Crippen LogP) is 2.21. The number of hydrogen-bond acceptors (Lipinski definition) is 6. The van der Waals surface area contributed by atoms with Gasteiger partial charge in [0.2, 0.25) is 5.88 Å². The van der Waals surface area contributed by atoms with Gasteiger partial charge in [0.15, 0.2) is 5.82 Å². The number of rotatable bonds is 4. The largest absolute Gasteiger partial charge is 0.481 e. The second kappa shape index (κ2) is 7.02. The lowest BCUT2D eigenvalue weighted by Crippen LogP contribution is -2.49. The van der Waals surface area contributed by atoms with Crippen LogP contribution in [-0.2, 0) is 7.05 Å². The van der Waals surface area contributed by atoms with E-state index in [9.17, 15) is 4.79 Å². The minimum absolute atomic E-state index is 0.0336. The Labute approximate surface area is 169 Å². The van der Waals surface area contributed by atoms with Crippen LogP contribution in [0.1, 0.15) is 34.8 Å². The van der Waals surface area contributed by atoms with Crippen LogP contribution in [0.2, 0.25) is 0 Å². The summed E-state index contributed by atoms with van der Waals surface area (Å²) in [4.78, 5) is 17.1. The third-order valence-electron chi connectivity index (χ3n) is 5.78. The van der Waals surface area contributed by atoms with Crippen LogP contribution in [0.3, 0.4) is 0 Å². The van der Waals surface area contributed by atoms with Crippen molar-refractivity contribution in [1.29, 1.82) is 0 Å². The molecule has 1 aromatic carbocycles. The number of nitrogens with zero attached hydrogens (tertiary/aromatic N) is 6. The first kappa shape index (κ1) is 17.9. The number of carbonyl (C=O) groups excluding carboxylic acids is 1. The lowest BCUT2D eigenvalue weighted by atomic mass is 10.1. The zero-order valence-corrected chi connectivity index (χ0v) is 16.7. The van der Waals surface area contributed by atoms with E-state index in [-0.39, 0.29) is 5.91 Å². The molecule has 1 aliphatic carbocycles. The second-order valence-electron chi connectivity index (χ2n) is 7.73. The Hall–Kier alpha value is -3.16. The van der Waals surface area contributed by atoms with Gasteiger partial charge < -0.3 is 14.5 Å². The van der Waals surface area contributed by atoms with Gasteiger partial charge in [0.1, 0.15) is 0 Å². The van der Waals surface area contributed by atoms with Crippen LogP contribution in [0.25, 0.3) is 10.9 Å². The third kappa shape index (κ3) is 3.28. The van der Waals surface area contributed by atoms with Gasteiger partial charge >= 0.3 is 0 Å². The van der Waals surface area contributed by atoms with Gasteiger partial charge in [-0.25, -0.2) is 4.68 Å². The Kier molecular flexibility index (Phi) is 4.34.